The molecule has 0 bridgehead atoms. The van der Waals surface area contributed by atoms with Gasteiger partial charge in [0.1, 0.15) is 41.4 Å². The van der Waals surface area contributed by atoms with Crippen molar-refractivity contribution in [2.75, 3.05) is 12.8 Å². The van der Waals surface area contributed by atoms with Crippen LogP contribution in [0.1, 0.15) is 22.3 Å². The van der Waals surface area contributed by atoms with Gasteiger partial charge in [0.2, 0.25) is 0 Å². The summed E-state index contributed by atoms with van der Waals surface area (Å²) in [5.41, 5.74) is 6.28. The number of nitrogens with two attached hydrogens (primary N) is 1. The van der Waals surface area contributed by atoms with E-state index in [-0.39, 0.29) is 40.6 Å². The first-order valence-corrected chi connectivity index (χ1v) is 9.21. The zero-order chi connectivity index (χ0) is 23.4. The van der Waals surface area contributed by atoms with Crippen molar-refractivity contribution in [3.8, 4) is 34.8 Å². The quantitative estimate of drug-likeness (QED) is 0.443. The smallest absolute Gasteiger partial charge is 0.310 e. The molecular weight excluding hydrogens is 414 g/mol. The number of rotatable bonds is 6. The molecule has 0 aliphatic rings. The van der Waals surface area contributed by atoms with E-state index in [0.29, 0.717) is 16.9 Å². The van der Waals surface area contributed by atoms with Crippen LogP contribution in [0.15, 0.2) is 41.2 Å². The summed E-state index contributed by atoms with van der Waals surface area (Å²) in [6.45, 7) is 1.67. The minimum absolute atomic E-state index is 0.0486. The van der Waals surface area contributed by atoms with Crippen molar-refractivity contribution in [2.24, 2.45) is 0 Å². The number of pyridine rings is 1. The first-order valence-electron chi connectivity index (χ1n) is 9.21. The van der Waals surface area contributed by atoms with Gasteiger partial charge in [0.05, 0.1) is 12.0 Å². The number of nitro benzene ring substituents is 1. The number of aryl methyl sites for hydroxylation is 1. The number of aromatic amines is 1. The molecule has 1 aromatic heterocycles. The van der Waals surface area contributed by atoms with Crippen molar-refractivity contribution < 1.29 is 14.4 Å². The maximum absolute atomic E-state index is 12.2. The molecule has 0 spiro atoms. The number of H-pyrrole nitrogens is 1. The first kappa shape index (κ1) is 21.9. The highest BCUT2D eigenvalue weighted by atomic mass is 16.6. The number of hydrogen-bond donors (Lipinski definition) is 2. The molecule has 1 heterocycles. The van der Waals surface area contributed by atoms with Crippen molar-refractivity contribution in [1.29, 1.82) is 10.5 Å². The van der Waals surface area contributed by atoms with Gasteiger partial charge in [-0.3, -0.25) is 14.9 Å². The van der Waals surface area contributed by atoms with Gasteiger partial charge < -0.3 is 20.2 Å². The fourth-order valence-electron chi connectivity index (χ4n) is 3.22. The van der Waals surface area contributed by atoms with Gasteiger partial charge >= 0.3 is 5.69 Å². The van der Waals surface area contributed by atoms with Crippen molar-refractivity contribution in [1.82, 2.24) is 4.98 Å². The summed E-state index contributed by atoms with van der Waals surface area (Å²) in [5, 5.41) is 30.3. The summed E-state index contributed by atoms with van der Waals surface area (Å²) >= 11 is 0. The van der Waals surface area contributed by atoms with E-state index in [1.165, 1.54) is 13.2 Å². The van der Waals surface area contributed by atoms with Crippen molar-refractivity contribution in [2.45, 2.75) is 13.5 Å². The van der Waals surface area contributed by atoms with E-state index in [2.05, 4.69) is 4.98 Å². The highest BCUT2D eigenvalue weighted by Crippen LogP contribution is 2.34. The van der Waals surface area contributed by atoms with Gasteiger partial charge in [0, 0.05) is 17.2 Å². The molecule has 0 amide bonds. The number of methoxy groups -OCH3 is 1. The van der Waals surface area contributed by atoms with Gasteiger partial charge in [0.15, 0.2) is 5.75 Å². The number of nitrogens with zero attached hydrogens (tertiary/aromatic N) is 3. The Hall–Kier alpha value is -4.83. The van der Waals surface area contributed by atoms with Crippen LogP contribution in [0.5, 0.6) is 11.5 Å². The maximum atomic E-state index is 12.2. The van der Waals surface area contributed by atoms with E-state index in [4.69, 9.17) is 15.2 Å². The van der Waals surface area contributed by atoms with Crippen molar-refractivity contribution >= 4 is 11.5 Å². The molecule has 0 aliphatic carbocycles. The fraction of sp³-hybridized carbons (Fsp3) is 0.136. The van der Waals surface area contributed by atoms with Crippen molar-refractivity contribution in [3.05, 3.63) is 79.1 Å². The molecule has 0 atom stereocenters. The second kappa shape index (κ2) is 8.90. The number of nitriles is 2. The number of anilines is 1. The predicted octanol–water partition coefficient (Wildman–Crippen LogP) is 3.17. The molecule has 0 saturated carbocycles. The summed E-state index contributed by atoms with van der Waals surface area (Å²) in [6.07, 6.45) is 0. The normalized spacial score (nSPS) is 10.1. The maximum Gasteiger partial charge on any atom is 0.310 e. The Bertz CT molecular complexity index is 1360. The van der Waals surface area contributed by atoms with Gasteiger partial charge in [0.25, 0.3) is 5.56 Å². The lowest BCUT2D eigenvalue weighted by molar-refractivity contribution is -0.386. The highest BCUT2D eigenvalue weighted by molar-refractivity contribution is 5.80. The van der Waals surface area contributed by atoms with Crippen LogP contribution in [0.2, 0.25) is 0 Å². The SMILES string of the molecule is COc1ccc(-c2c(C#N)c(N)[nH]c(=O)c2C#N)cc1COc1cc(C)ccc1[N+](=O)[O-]. The number of hydrogen-bond acceptors (Lipinski definition) is 8. The molecular formula is C22H17N5O5. The molecule has 160 valence electrons. The zero-order valence-corrected chi connectivity index (χ0v) is 17.1. The van der Waals surface area contributed by atoms with Crippen LogP contribution >= 0.6 is 0 Å². The topological polar surface area (TPSA) is 168 Å². The number of ether oxygens (including phenoxy) is 2. The largest absolute Gasteiger partial charge is 0.496 e. The molecule has 0 saturated heterocycles. The van der Waals surface area contributed by atoms with Crippen LogP contribution in [0.3, 0.4) is 0 Å². The minimum atomic E-state index is -0.719. The molecule has 3 rings (SSSR count). The summed E-state index contributed by atoms with van der Waals surface area (Å²) in [5.74, 6) is 0.340. The number of nitro groups is 1. The van der Waals surface area contributed by atoms with Crippen LogP contribution in [0.25, 0.3) is 11.1 Å². The predicted molar refractivity (Wildman–Crippen MR) is 115 cm³/mol. The van der Waals surface area contributed by atoms with Gasteiger partial charge in [-0.15, -0.1) is 0 Å². The Morgan fingerprint density at radius 3 is 2.47 bits per heavy atom. The van der Waals surface area contributed by atoms with Crippen LogP contribution in [-0.2, 0) is 6.61 Å². The van der Waals surface area contributed by atoms with Crippen molar-refractivity contribution in [3.63, 3.8) is 0 Å². The summed E-state index contributed by atoms with van der Waals surface area (Å²) in [4.78, 5) is 25.3. The Balaban J connectivity index is 2.11. The van der Waals surface area contributed by atoms with E-state index in [1.807, 2.05) is 12.1 Å². The monoisotopic (exact) mass is 431 g/mol. The Morgan fingerprint density at radius 2 is 1.84 bits per heavy atom. The second-order valence-electron chi connectivity index (χ2n) is 6.76. The molecule has 32 heavy (non-hydrogen) atoms. The summed E-state index contributed by atoms with van der Waals surface area (Å²) < 4.78 is 11.1. The molecule has 10 heteroatoms. The second-order valence-corrected chi connectivity index (χ2v) is 6.76. The lowest BCUT2D eigenvalue weighted by Crippen LogP contribution is -2.16. The molecule has 3 N–H and O–H groups in total. The molecule has 3 aromatic rings. The minimum Gasteiger partial charge on any atom is -0.496 e. The highest BCUT2D eigenvalue weighted by Gasteiger charge is 2.20. The molecule has 2 aromatic carbocycles. The van der Waals surface area contributed by atoms with Crippen LogP contribution in [-0.4, -0.2) is 17.0 Å². The number of nitrogens with one attached hydrogen (secondary N) is 1. The van der Waals surface area contributed by atoms with Gasteiger partial charge in [-0.1, -0.05) is 12.1 Å². The zero-order valence-electron chi connectivity index (χ0n) is 17.1. The average molecular weight is 431 g/mol. The number of nitrogen functional groups attached to an aromatic ring is 1. The van der Waals surface area contributed by atoms with Gasteiger partial charge in [-0.25, -0.2) is 0 Å². The third-order valence-electron chi connectivity index (χ3n) is 4.73. The third kappa shape index (κ3) is 4.06. The van der Waals surface area contributed by atoms with Gasteiger partial charge in [-0.2, -0.15) is 10.5 Å². The standard InChI is InChI=1S/C22H17N5O5/c1-12-3-5-17(27(29)30)19(7-12)32-11-14-8-13(4-6-18(14)31-2)20-15(9-23)21(25)26-22(28)16(20)10-24/h3-8H,11H2,1-2H3,(H3,25,26,28). The lowest BCUT2D eigenvalue weighted by Gasteiger charge is -2.14. The van der Waals surface area contributed by atoms with E-state index in [1.54, 1.807) is 37.3 Å². The van der Waals surface area contributed by atoms with E-state index in [9.17, 15) is 25.4 Å². The lowest BCUT2D eigenvalue weighted by atomic mass is 9.95. The van der Waals surface area contributed by atoms with Crippen LogP contribution < -0.4 is 20.8 Å². The molecule has 0 fully saturated rings. The average Bonchev–Trinajstić information content (AvgIpc) is 2.76. The Morgan fingerprint density at radius 1 is 1.12 bits per heavy atom. The van der Waals surface area contributed by atoms with Gasteiger partial charge in [-0.05, 0) is 36.2 Å². The third-order valence-corrected chi connectivity index (χ3v) is 4.73. The van der Waals surface area contributed by atoms with E-state index in [0.717, 1.165) is 5.56 Å². The summed E-state index contributed by atoms with van der Waals surface area (Å²) in [6, 6.07) is 13.0. The molecule has 10 nitrogen and oxygen atoms in total. The van der Waals surface area contributed by atoms with Crippen LogP contribution in [0.4, 0.5) is 11.5 Å². The molecule has 0 unspecified atom stereocenters. The fourth-order valence-corrected chi connectivity index (χ4v) is 3.22. The molecule has 0 radical (unpaired) electrons. The molecule has 0 aliphatic heterocycles. The number of aromatic nitrogens is 1. The number of benzene rings is 2. The Kier molecular flexibility index (Phi) is 6.08. The summed E-state index contributed by atoms with van der Waals surface area (Å²) in [7, 11) is 1.44. The first-order chi connectivity index (χ1) is 15.3. The van der Waals surface area contributed by atoms with E-state index < -0.39 is 10.5 Å². The van der Waals surface area contributed by atoms with E-state index >= 15 is 0 Å². The van der Waals surface area contributed by atoms with Crippen LogP contribution in [0, 0.1) is 39.7 Å². The Labute approximate surface area is 182 Å².